The maximum atomic E-state index is 12.1. The summed E-state index contributed by atoms with van der Waals surface area (Å²) in [6, 6.07) is 9.61. The number of carbonyl (C=O) groups is 2. The van der Waals surface area contributed by atoms with Crippen LogP contribution in [0.25, 0.3) is 0 Å². The highest BCUT2D eigenvalue weighted by Crippen LogP contribution is 2.31. The zero-order chi connectivity index (χ0) is 15.9. The molecular formula is C17H24N2O3. The van der Waals surface area contributed by atoms with Crippen LogP contribution in [0.4, 0.5) is 0 Å². The second-order valence-electron chi connectivity index (χ2n) is 6.11. The van der Waals surface area contributed by atoms with Crippen molar-refractivity contribution in [1.29, 1.82) is 0 Å². The minimum Gasteiger partial charge on any atom is -0.481 e. The van der Waals surface area contributed by atoms with Crippen LogP contribution in [-0.4, -0.2) is 23.5 Å². The van der Waals surface area contributed by atoms with Crippen LogP contribution in [-0.2, 0) is 9.59 Å². The quantitative estimate of drug-likeness (QED) is 0.794. The number of nitrogens with two attached hydrogens (primary N) is 1. The first-order valence-corrected chi connectivity index (χ1v) is 7.84. The molecule has 1 aromatic rings. The Morgan fingerprint density at radius 3 is 2.59 bits per heavy atom. The minimum atomic E-state index is -0.793. The lowest BCUT2D eigenvalue weighted by molar-refractivity contribution is -0.138. The van der Waals surface area contributed by atoms with Crippen LogP contribution in [0.1, 0.15) is 43.7 Å². The summed E-state index contributed by atoms with van der Waals surface area (Å²) in [7, 11) is 0. The highest BCUT2D eigenvalue weighted by Gasteiger charge is 2.26. The third kappa shape index (κ3) is 4.84. The van der Waals surface area contributed by atoms with Crippen LogP contribution >= 0.6 is 0 Å². The molecule has 1 aliphatic rings. The van der Waals surface area contributed by atoms with Crippen LogP contribution in [0, 0.1) is 11.8 Å². The molecule has 1 amide bonds. The third-order valence-corrected chi connectivity index (χ3v) is 4.35. The number of nitrogens with one attached hydrogen (secondary N) is 1. The van der Waals surface area contributed by atoms with E-state index in [2.05, 4.69) is 5.32 Å². The highest BCUT2D eigenvalue weighted by molar-refractivity contribution is 5.76. The number of carboxylic acid groups (broad SMARTS) is 1. The fraction of sp³-hybridized carbons (Fsp3) is 0.529. The van der Waals surface area contributed by atoms with E-state index in [1.165, 1.54) is 0 Å². The molecule has 3 atom stereocenters. The average Bonchev–Trinajstić information content (AvgIpc) is 2.57. The molecule has 1 aromatic carbocycles. The molecule has 22 heavy (non-hydrogen) atoms. The van der Waals surface area contributed by atoms with Crippen LogP contribution in [0.5, 0.6) is 0 Å². The van der Waals surface area contributed by atoms with Crippen LogP contribution in [0.2, 0.25) is 0 Å². The van der Waals surface area contributed by atoms with Crippen molar-refractivity contribution in [3.05, 3.63) is 35.9 Å². The second kappa shape index (κ2) is 7.94. The number of aliphatic carboxylic acids is 1. The lowest BCUT2D eigenvalue weighted by Gasteiger charge is -2.24. The van der Waals surface area contributed by atoms with E-state index in [4.69, 9.17) is 10.8 Å². The summed E-state index contributed by atoms with van der Waals surface area (Å²) in [6.45, 7) is 0.499. The van der Waals surface area contributed by atoms with Crippen LogP contribution < -0.4 is 11.1 Å². The van der Waals surface area contributed by atoms with Crippen molar-refractivity contribution in [2.75, 3.05) is 6.54 Å². The van der Waals surface area contributed by atoms with Gasteiger partial charge in [-0.1, -0.05) is 30.3 Å². The maximum absolute atomic E-state index is 12.1. The smallest absolute Gasteiger partial charge is 0.303 e. The summed E-state index contributed by atoms with van der Waals surface area (Å²) in [5.74, 6) is -0.541. The van der Waals surface area contributed by atoms with Crippen molar-refractivity contribution in [2.45, 2.75) is 38.1 Å². The van der Waals surface area contributed by atoms with E-state index in [9.17, 15) is 9.59 Å². The zero-order valence-corrected chi connectivity index (χ0v) is 12.7. The number of rotatable bonds is 4. The first-order chi connectivity index (χ1) is 10.6. The SMILES string of the molecule is NCC1CCC(=O)NC(c2ccccc2)CC(CC(=O)O)C1. The number of benzene rings is 1. The fourth-order valence-electron chi connectivity index (χ4n) is 3.21. The number of hydrogen-bond acceptors (Lipinski definition) is 3. The highest BCUT2D eigenvalue weighted by atomic mass is 16.4. The van der Waals surface area contributed by atoms with Gasteiger partial charge in [-0.3, -0.25) is 9.59 Å². The second-order valence-corrected chi connectivity index (χ2v) is 6.11. The Labute approximate surface area is 130 Å². The first kappa shape index (κ1) is 16.5. The molecule has 0 aromatic heterocycles. The molecule has 1 saturated heterocycles. The zero-order valence-electron chi connectivity index (χ0n) is 12.7. The van der Waals surface area contributed by atoms with E-state index in [0.29, 0.717) is 19.4 Å². The number of carboxylic acids is 1. The predicted octanol–water partition coefficient (Wildman–Crippen LogP) is 2.08. The summed E-state index contributed by atoms with van der Waals surface area (Å²) in [5.41, 5.74) is 6.81. The Bertz CT molecular complexity index is 504. The number of carbonyl (C=O) groups excluding carboxylic acids is 1. The van der Waals surface area contributed by atoms with Crippen molar-refractivity contribution in [1.82, 2.24) is 5.32 Å². The molecule has 0 radical (unpaired) electrons. The first-order valence-electron chi connectivity index (χ1n) is 7.84. The fourth-order valence-corrected chi connectivity index (χ4v) is 3.21. The molecule has 1 aliphatic heterocycles. The van der Waals surface area contributed by atoms with Gasteiger partial charge in [-0.2, -0.15) is 0 Å². The van der Waals surface area contributed by atoms with Gasteiger partial charge in [-0.15, -0.1) is 0 Å². The van der Waals surface area contributed by atoms with Gasteiger partial charge in [-0.05, 0) is 43.2 Å². The number of hydrogen-bond donors (Lipinski definition) is 3. The van der Waals surface area contributed by atoms with Crippen molar-refractivity contribution in [3.63, 3.8) is 0 Å². The van der Waals surface area contributed by atoms with Gasteiger partial charge in [-0.25, -0.2) is 0 Å². The minimum absolute atomic E-state index is 0.0169. The summed E-state index contributed by atoms with van der Waals surface area (Å²) in [5, 5.41) is 12.2. The summed E-state index contributed by atoms with van der Waals surface area (Å²) >= 11 is 0. The van der Waals surface area contributed by atoms with Crippen molar-refractivity contribution in [2.24, 2.45) is 17.6 Å². The Morgan fingerprint density at radius 1 is 1.23 bits per heavy atom. The molecule has 5 nitrogen and oxygen atoms in total. The van der Waals surface area contributed by atoms with E-state index < -0.39 is 5.97 Å². The maximum Gasteiger partial charge on any atom is 0.303 e. The lowest BCUT2D eigenvalue weighted by Crippen LogP contribution is -2.29. The van der Waals surface area contributed by atoms with E-state index in [-0.39, 0.29) is 30.2 Å². The predicted molar refractivity (Wildman–Crippen MR) is 84.1 cm³/mol. The van der Waals surface area contributed by atoms with Gasteiger partial charge in [0.25, 0.3) is 0 Å². The molecule has 1 fully saturated rings. The van der Waals surface area contributed by atoms with Crippen molar-refractivity contribution < 1.29 is 14.7 Å². The molecule has 5 heteroatoms. The van der Waals surface area contributed by atoms with Gasteiger partial charge in [0.15, 0.2) is 0 Å². The molecule has 0 aliphatic carbocycles. The van der Waals surface area contributed by atoms with Gasteiger partial charge in [0.05, 0.1) is 6.04 Å². The summed E-state index contributed by atoms with van der Waals surface area (Å²) in [4.78, 5) is 23.2. The van der Waals surface area contributed by atoms with Gasteiger partial charge in [0, 0.05) is 12.8 Å². The Hall–Kier alpha value is -1.88. The Kier molecular flexibility index (Phi) is 5.95. The Balaban J connectivity index is 2.20. The summed E-state index contributed by atoms with van der Waals surface area (Å²) in [6.07, 6.45) is 2.69. The molecule has 3 unspecified atom stereocenters. The Morgan fingerprint density at radius 2 is 1.95 bits per heavy atom. The largest absolute Gasteiger partial charge is 0.481 e. The molecule has 4 N–H and O–H groups in total. The molecule has 120 valence electrons. The molecule has 1 heterocycles. The molecular weight excluding hydrogens is 280 g/mol. The van der Waals surface area contributed by atoms with Crippen molar-refractivity contribution >= 4 is 11.9 Å². The standard InChI is InChI=1S/C17H24N2O3/c18-11-12-6-7-16(20)19-15(14-4-2-1-3-5-14)9-13(8-12)10-17(21)22/h1-5,12-13,15H,6-11,18H2,(H,19,20)(H,21,22). The van der Waals surface area contributed by atoms with Gasteiger partial charge < -0.3 is 16.2 Å². The molecule has 0 saturated carbocycles. The number of amides is 1. The van der Waals surface area contributed by atoms with Gasteiger partial charge >= 0.3 is 5.97 Å². The van der Waals surface area contributed by atoms with Crippen molar-refractivity contribution in [3.8, 4) is 0 Å². The van der Waals surface area contributed by atoms with Gasteiger partial charge in [0.1, 0.15) is 0 Å². The van der Waals surface area contributed by atoms with Crippen LogP contribution in [0.15, 0.2) is 30.3 Å². The molecule has 0 spiro atoms. The topological polar surface area (TPSA) is 92.4 Å². The summed E-state index contributed by atoms with van der Waals surface area (Å²) < 4.78 is 0. The normalized spacial score (nSPS) is 26.4. The van der Waals surface area contributed by atoms with E-state index in [1.807, 2.05) is 30.3 Å². The monoisotopic (exact) mass is 304 g/mol. The van der Waals surface area contributed by atoms with E-state index >= 15 is 0 Å². The third-order valence-electron chi connectivity index (χ3n) is 4.35. The van der Waals surface area contributed by atoms with Gasteiger partial charge in [0.2, 0.25) is 5.91 Å². The average molecular weight is 304 g/mol. The lowest BCUT2D eigenvalue weighted by atomic mass is 9.84. The van der Waals surface area contributed by atoms with E-state index in [1.54, 1.807) is 0 Å². The van der Waals surface area contributed by atoms with Crippen LogP contribution in [0.3, 0.4) is 0 Å². The molecule has 2 rings (SSSR count). The molecule has 0 bridgehead atoms. The van der Waals surface area contributed by atoms with E-state index in [0.717, 1.165) is 18.4 Å².